The third-order valence-corrected chi connectivity index (χ3v) is 2.64. The second kappa shape index (κ2) is 3.85. The monoisotopic (exact) mass is 214 g/mol. The van der Waals surface area contributed by atoms with Gasteiger partial charge >= 0.3 is 0 Å². The molecule has 0 bridgehead atoms. The fourth-order valence-electron chi connectivity index (χ4n) is 1.70. The predicted octanol–water partition coefficient (Wildman–Crippen LogP) is 2.40. The first-order valence-corrected chi connectivity index (χ1v) is 5.14. The minimum Gasteiger partial charge on any atom is -0.366 e. The number of amides is 1. The molecule has 0 spiro atoms. The van der Waals surface area contributed by atoms with E-state index in [1.165, 1.54) is 5.56 Å². The van der Waals surface area contributed by atoms with Crippen LogP contribution in [0.2, 0.25) is 0 Å². The van der Waals surface area contributed by atoms with Crippen LogP contribution in [0, 0.1) is 13.8 Å². The van der Waals surface area contributed by atoms with Crippen molar-refractivity contribution in [3.05, 3.63) is 47.2 Å². The van der Waals surface area contributed by atoms with Crippen LogP contribution in [0.3, 0.4) is 0 Å². The molecule has 2 aromatic rings. The van der Waals surface area contributed by atoms with E-state index in [1.54, 1.807) is 6.07 Å². The number of primary amides is 1. The predicted molar refractivity (Wildman–Crippen MR) is 64.2 cm³/mol. The zero-order chi connectivity index (χ0) is 11.7. The van der Waals surface area contributed by atoms with E-state index in [-0.39, 0.29) is 0 Å². The molecule has 0 atom stereocenters. The molecule has 1 heterocycles. The van der Waals surface area contributed by atoms with Gasteiger partial charge in [0.05, 0.1) is 5.56 Å². The summed E-state index contributed by atoms with van der Waals surface area (Å²) in [6.45, 7) is 3.89. The molecule has 82 valence electrons. The van der Waals surface area contributed by atoms with Gasteiger partial charge in [0.2, 0.25) is 0 Å². The van der Waals surface area contributed by atoms with Crippen molar-refractivity contribution in [1.82, 2.24) is 4.98 Å². The number of rotatable bonds is 2. The van der Waals surface area contributed by atoms with Crippen molar-refractivity contribution in [3.63, 3.8) is 0 Å². The van der Waals surface area contributed by atoms with Gasteiger partial charge in [-0.15, -0.1) is 0 Å². The van der Waals surface area contributed by atoms with Crippen LogP contribution in [0.1, 0.15) is 21.6 Å². The van der Waals surface area contributed by atoms with Gasteiger partial charge in [-0.2, -0.15) is 0 Å². The molecule has 0 unspecified atom stereocenters. The minimum atomic E-state index is -0.396. The summed E-state index contributed by atoms with van der Waals surface area (Å²) in [4.78, 5) is 14.3. The molecule has 1 aromatic carbocycles. The summed E-state index contributed by atoms with van der Waals surface area (Å²) in [7, 11) is 0. The lowest BCUT2D eigenvalue weighted by Gasteiger charge is -1.98. The number of aromatic amines is 1. The summed E-state index contributed by atoms with van der Waals surface area (Å²) < 4.78 is 0. The fourth-order valence-corrected chi connectivity index (χ4v) is 1.70. The average molecular weight is 214 g/mol. The highest BCUT2D eigenvalue weighted by Crippen LogP contribution is 2.21. The minimum absolute atomic E-state index is 0.396. The summed E-state index contributed by atoms with van der Waals surface area (Å²) in [5, 5.41) is 0. The molecule has 0 aliphatic carbocycles. The Balaban J connectivity index is 2.45. The molecule has 3 heteroatoms. The number of carbonyl (C=O) groups is 1. The molecule has 0 saturated heterocycles. The van der Waals surface area contributed by atoms with E-state index in [1.807, 2.05) is 38.1 Å². The standard InChI is InChI=1S/C13H14N2O/c1-8-3-5-10(6-4-8)12-7-11(13(14)16)9(2)15-12/h3-7,15H,1-2H3,(H2,14,16). The lowest BCUT2D eigenvalue weighted by Crippen LogP contribution is -2.10. The third kappa shape index (κ3) is 1.84. The first-order valence-electron chi connectivity index (χ1n) is 5.14. The van der Waals surface area contributed by atoms with Crippen molar-refractivity contribution >= 4 is 5.91 Å². The molecule has 1 aromatic heterocycles. The zero-order valence-electron chi connectivity index (χ0n) is 9.37. The van der Waals surface area contributed by atoms with Crippen LogP contribution in [0.15, 0.2) is 30.3 Å². The average Bonchev–Trinajstić information content (AvgIpc) is 2.61. The van der Waals surface area contributed by atoms with Crippen molar-refractivity contribution in [3.8, 4) is 11.3 Å². The molecule has 16 heavy (non-hydrogen) atoms. The van der Waals surface area contributed by atoms with Crippen molar-refractivity contribution in [2.75, 3.05) is 0 Å². The molecule has 0 fully saturated rings. The number of hydrogen-bond donors (Lipinski definition) is 2. The largest absolute Gasteiger partial charge is 0.366 e. The van der Waals surface area contributed by atoms with Gasteiger partial charge in [0, 0.05) is 11.4 Å². The highest BCUT2D eigenvalue weighted by atomic mass is 16.1. The molecule has 0 saturated carbocycles. The van der Waals surface area contributed by atoms with Crippen LogP contribution < -0.4 is 5.73 Å². The maximum Gasteiger partial charge on any atom is 0.250 e. The highest BCUT2D eigenvalue weighted by molar-refractivity contribution is 5.95. The number of carbonyl (C=O) groups excluding carboxylic acids is 1. The Morgan fingerprint density at radius 2 is 1.81 bits per heavy atom. The lowest BCUT2D eigenvalue weighted by molar-refractivity contribution is 0.1000. The zero-order valence-corrected chi connectivity index (χ0v) is 9.37. The molecule has 0 aliphatic rings. The van der Waals surface area contributed by atoms with Gasteiger partial charge in [-0.05, 0) is 25.5 Å². The second-order valence-electron chi connectivity index (χ2n) is 3.95. The van der Waals surface area contributed by atoms with Crippen LogP contribution >= 0.6 is 0 Å². The van der Waals surface area contributed by atoms with E-state index in [0.717, 1.165) is 17.0 Å². The Hall–Kier alpha value is -2.03. The molecule has 0 radical (unpaired) electrons. The van der Waals surface area contributed by atoms with E-state index in [0.29, 0.717) is 5.56 Å². The van der Waals surface area contributed by atoms with Gasteiger partial charge in [-0.3, -0.25) is 4.79 Å². The van der Waals surface area contributed by atoms with E-state index >= 15 is 0 Å². The van der Waals surface area contributed by atoms with Crippen LogP contribution in [0.4, 0.5) is 0 Å². The van der Waals surface area contributed by atoms with Crippen LogP contribution in [-0.2, 0) is 0 Å². The fraction of sp³-hybridized carbons (Fsp3) is 0.154. The number of hydrogen-bond acceptors (Lipinski definition) is 1. The van der Waals surface area contributed by atoms with Gasteiger partial charge in [-0.25, -0.2) is 0 Å². The van der Waals surface area contributed by atoms with Crippen LogP contribution in [-0.4, -0.2) is 10.9 Å². The van der Waals surface area contributed by atoms with E-state index in [2.05, 4.69) is 4.98 Å². The van der Waals surface area contributed by atoms with E-state index in [4.69, 9.17) is 5.73 Å². The molecular formula is C13H14N2O. The Labute approximate surface area is 94.3 Å². The Kier molecular flexibility index (Phi) is 2.52. The number of nitrogens with one attached hydrogen (secondary N) is 1. The molecule has 1 amide bonds. The Morgan fingerprint density at radius 1 is 1.19 bits per heavy atom. The van der Waals surface area contributed by atoms with Crippen molar-refractivity contribution < 1.29 is 4.79 Å². The number of aryl methyl sites for hydroxylation is 2. The van der Waals surface area contributed by atoms with Crippen molar-refractivity contribution in [2.45, 2.75) is 13.8 Å². The molecular weight excluding hydrogens is 200 g/mol. The smallest absolute Gasteiger partial charge is 0.250 e. The second-order valence-corrected chi connectivity index (χ2v) is 3.95. The Bertz CT molecular complexity index is 523. The van der Waals surface area contributed by atoms with Gasteiger partial charge in [-0.1, -0.05) is 29.8 Å². The van der Waals surface area contributed by atoms with Gasteiger partial charge in [0.1, 0.15) is 0 Å². The van der Waals surface area contributed by atoms with Gasteiger partial charge in [0.25, 0.3) is 5.91 Å². The molecule has 3 nitrogen and oxygen atoms in total. The highest BCUT2D eigenvalue weighted by Gasteiger charge is 2.10. The number of nitrogens with two attached hydrogens (primary N) is 1. The molecule has 3 N–H and O–H groups in total. The quantitative estimate of drug-likeness (QED) is 0.792. The first kappa shape index (κ1) is 10.5. The first-order chi connectivity index (χ1) is 7.58. The summed E-state index contributed by atoms with van der Waals surface area (Å²) in [6, 6.07) is 9.91. The maximum absolute atomic E-state index is 11.1. The summed E-state index contributed by atoms with van der Waals surface area (Å²) in [5.74, 6) is -0.396. The van der Waals surface area contributed by atoms with Gasteiger partial charge < -0.3 is 10.7 Å². The maximum atomic E-state index is 11.1. The Morgan fingerprint density at radius 3 is 2.31 bits per heavy atom. The normalized spacial score (nSPS) is 10.4. The van der Waals surface area contributed by atoms with Crippen molar-refractivity contribution in [1.29, 1.82) is 0 Å². The number of H-pyrrole nitrogens is 1. The summed E-state index contributed by atoms with van der Waals surface area (Å²) in [5.41, 5.74) is 9.82. The van der Waals surface area contributed by atoms with Gasteiger partial charge in [0.15, 0.2) is 0 Å². The van der Waals surface area contributed by atoms with E-state index < -0.39 is 5.91 Å². The number of benzene rings is 1. The summed E-state index contributed by atoms with van der Waals surface area (Å²) >= 11 is 0. The van der Waals surface area contributed by atoms with Crippen molar-refractivity contribution in [2.24, 2.45) is 5.73 Å². The van der Waals surface area contributed by atoms with Crippen LogP contribution in [0.5, 0.6) is 0 Å². The molecule has 0 aliphatic heterocycles. The lowest BCUT2D eigenvalue weighted by atomic mass is 10.1. The van der Waals surface area contributed by atoms with Crippen LogP contribution in [0.25, 0.3) is 11.3 Å². The summed E-state index contributed by atoms with van der Waals surface area (Å²) in [6.07, 6.45) is 0. The molecule has 2 rings (SSSR count). The van der Waals surface area contributed by atoms with E-state index in [9.17, 15) is 4.79 Å². The third-order valence-electron chi connectivity index (χ3n) is 2.64. The topological polar surface area (TPSA) is 58.9 Å². The number of aromatic nitrogens is 1. The SMILES string of the molecule is Cc1ccc(-c2cc(C(N)=O)c(C)[nH]2)cc1.